The maximum Gasteiger partial charge on any atom is 0.325 e. The number of nitrogens with zero attached hydrogens (tertiary/aromatic N) is 4. The number of hydrogen-bond donors (Lipinski definition) is 2. The van der Waals surface area contributed by atoms with Gasteiger partial charge in [-0.15, -0.1) is 38.1 Å². The minimum absolute atomic E-state index is 0.0841. The molecule has 0 atom stereocenters. The van der Waals surface area contributed by atoms with Crippen LogP contribution in [0.1, 0.15) is 0 Å². The van der Waals surface area contributed by atoms with Gasteiger partial charge in [-0.25, -0.2) is 14.5 Å². The zero-order chi connectivity index (χ0) is 18.2. The van der Waals surface area contributed by atoms with Crippen molar-refractivity contribution in [1.29, 1.82) is 0 Å². The zero-order valence-electron chi connectivity index (χ0n) is 12.7. The lowest BCUT2D eigenvalue weighted by atomic mass is 10.5. The first-order chi connectivity index (χ1) is 11.6. The van der Waals surface area contributed by atoms with Crippen LogP contribution in [-0.2, 0) is 0 Å². The highest BCUT2D eigenvalue weighted by Gasteiger charge is 2.20. The van der Waals surface area contributed by atoms with Crippen LogP contribution in [-0.4, -0.2) is 71.5 Å². The molecule has 0 heterocycles. The molecule has 0 aliphatic rings. The topological polar surface area (TPSA) is 124 Å². The lowest BCUT2D eigenvalue weighted by Crippen LogP contribution is -2.50. The summed E-state index contributed by atoms with van der Waals surface area (Å²) in [5, 5.41) is 10.3. The zero-order valence-corrected chi connectivity index (χ0v) is 15.8. The van der Waals surface area contributed by atoms with Crippen molar-refractivity contribution in [2.75, 3.05) is 49.4 Å². The van der Waals surface area contributed by atoms with Crippen molar-refractivity contribution < 1.29 is 9.59 Å². The Hall–Kier alpha value is -0.980. The Balaban J connectivity index is 4.20. The molecule has 14 heteroatoms. The monoisotopic (exact) mass is 420 g/mol. The van der Waals surface area contributed by atoms with Crippen LogP contribution in [0.2, 0.25) is 0 Å². The summed E-state index contributed by atoms with van der Waals surface area (Å²) in [6, 6.07) is -1.09. The van der Waals surface area contributed by atoms with Crippen molar-refractivity contribution in [2.45, 2.75) is 0 Å². The Morgan fingerprint density at radius 1 is 0.875 bits per heavy atom. The van der Waals surface area contributed by atoms with Gasteiger partial charge in [0.25, 0.3) is 0 Å². The van der Waals surface area contributed by atoms with E-state index in [0.29, 0.717) is 16.6 Å². The first kappa shape index (κ1) is 23.0. The SMILES string of the molecule is O=NN(CCSSCCN(C(=O)NCCCl)C(=O)NCCCl)N=O. The fourth-order valence-electron chi connectivity index (χ4n) is 1.26. The number of rotatable bonds is 13. The van der Waals surface area contributed by atoms with Gasteiger partial charge < -0.3 is 10.6 Å². The Bertz CT molecular complexity index is 382. The maximum absolute atomic E-state index is 11.9. The molecule has 2 N–H and O–H groups in total. The van der Waals surface area contributed by atoms with E-state index in [0.717, 1.165) is 4.90 Å². The van der Waals surface area contributed by atoms with E-state index < -0.39 is 12.1 Å². The average molecular weight is 421 g/mol. The third kappa shape index (κ3) is 10.7. The minimum Gasteiger partial charge on any atom is -0.336 e. The predicted molar refractivity (Wildman–Crippen MR) is 98.2 cm³/mol. The van der Waals surface area contributed by atoms with E-state index in [1.165, 1.54) is 21.6 Å². The normalized spacial score (nSPS) is 9.92. The van der Waals surface area contributed by atoms with Gasteiger partial charge in [0.2, 0.25) is 0 Å². The lowest BCUT2D eigenvalue weighted by Gasteiger charge is -2.21. The second-order valence-corrected chi connectivity index (χ2v) is 7.35. The van der Waals surface area contributed by atoms with E-state index in [2.05, 4.69) is 21.2 Å². The van der Waals surface area contributed by atoms with Crippen LogP contribution in [0.4, 0.5) is 9.59 Å². The van der Waals surface area contributed by atoms with Crippen LogP contribution in [0.15, 0.2) is 10.6 Å². The number of nitrogens with one attached hydrogen (secondary N) is 2. The van der Waals surface area contributed by atoms with Crippen molar-refractivity contribution >= 4 is 56.9 Å². The number of amides is 4. The van der Waals surface area contributed by atoms with Gasteiger partial charge in [0.05, 0.1) is 17.1 Å². The van der Waals surface area contributed by atoms with Crippen LogP contribution >= 0.6 is 44.8 Å². The highest BCUT2D eigenvalue weighted by molar-refractivity contribution is 8.76. The lowest BCUT2D eigenvalue weighted by molar-refractivity contribution is 0.189. The number of nitroso groups, excluding NO2 is 2. The Kier molecular flexibility index (Phi) is 14.9. The number of carbonyl (C=O) groups is 2. The summed E-state index contributed by atoms with van der Waals surface area (Å²) in [6.45, 7) is 0.742. The molecule has 138 valence electrons. The molecular formula is C10H18Cl2N6O4S2. The molecule has 0 aliphatic carbocycles. The van der Waals surface area contributed by atoms with E-state index in [9.17, 15) is 19.4 Å². The van der Waals surface area contributed by atoms with E-state index in [4.69, 9.17) is 23.2 Å². The Morgan fingerprint density at radius 3 is 1.75 bits per heavy atom. The smallest absolute Gasteiger partial charge is 0.325 e. The fourth-order valence-corrected chi connectivity index (χ4v) is 3.33. The molecule has 0 radical (unpaired) electrons. The highest BCUT2D eigenvalue weighted by atomic mass is 35.5. The van der Waals surface area contributed by atoms with Gasteiger partial charge in [-0.05, 0) is 0 Å². The number of carbonyl (C=O) groups excluding carboxylic acids is 2. The van der Waals surface area contributed by atoms with Crippen molar-refractivity contribution in [1.82, 2.24) is 20.7 Å². The molecule has 0 spiro atoms. The van der Waals surface area contributed by atoms with Gasteiger partial charge in [0, 0.05) is 42.9 Å². The van der Waals surface area contributed by atoms with E-state index >= 15 is 0 Å². The van der Waals surface area contributed by atoms with Crippen molar-refractivity contribution in [3.05, 3.63) is 9.81 Å². The summed E-state index contributed by atoms with van der Waals surface area (Å²) in [6.07, 6.45) is 0. The fraction of sp³-hybridized carbons (Fsp3) is 0.800. The predicted octanol–water partition coefficient (Wildman–Crippen LogP) is 2.23. The second-order valence-electron chi connectivity index (χ2n) is 3.90. The molecule has 24 heavy (non-hydrogen) atoms. The van der Waals surface area contributed by atoms with Crippen molar-refractivity contribution in [3.63, 3.8) is 0 Å². The van der Waals surface area contributed by atoms with Gasteiger partial charge in [0.1, 0.15) is 0 Å². The second kappa shape index (κ2) is 15.5. The van der Waals surface area contributed by atoms with Crippen LogP contribution in [0.3, 0.4) is 0 Å². The summed E-state index contributed by atoms with van der Waals surface area (Å²) in [5.74, 6) is 1.36. The summed E-state index contributed by atoms with van der Waals surface area (Å²) in [7, 11) is 2.73. The van der Waals surface area contributed by atoms with Gasteiger partial charge in [-0.1, -0.05) is 21.6 Å². The van der Waals surface area contributed by atoms with Crippen LogP contribution < -0.4 is 10.6 Å². The summed E-state index contributed by atoms with van der Waals surface area (Å²) in [4.78, 5) is 45.1. The van der Waals surface area contributed by atoms with Gasteiger partial charge in [0.15, 0.2) is 0 Å². The molecule has 0 unspecified atom stereocenters. The third-order valence-corrected chi connectivity index (χ3v) is 5.02. The first-order valence-electron chi connectivity index (χ1n) is 6.74. The molecule has 0 fully saturated rings. The molecular weight excluding hydrogens is 403 g/mol. The van der Waals surface area contributed by atoms with Crippen LogP contribution in [0.25, 0.3) is 0 Å². The summed E-state index contributed by atoms with van der Waals surface area (Å²) >= 11 is 11.0. The van der Waals surface area contributed by atoms with Gasteiger partial charge in [-0.3, -0.25) is 0 Å². The molecule has 0 bridgehead atoms. The number of urea groups is 2. The average Bonchev–Trinajstić information content (AvgIpc) is 2.60. The quantitative estimate of drug-likeness (QED) is 0.154. The largest absolute Gasteiger partial charge is 0.336 e. The Morgan fingerprint density at radius 2 is 1.33 bits per heavy atom. The van der Waals surface area contributed by atoms with Crippen molar-refractivity contribution in [3.8, 4) is 0 Å². The molecule has 0 aromatic carbocycles. The molecule has 0 aromatic heterocycles. The number of hydrogen-bond acceptors (Lipinski definition) is 8. The molecule has 0 aromatic rings. The summed E-state index contributed by atoms with van der Waals surface area (Å²) < 4.78 is 0. The van der Waals surface area contributed by atoms with Crippen LogP contribution in [0, 0.1) is 9.81 Å². The van der Waals surface area contributed by atoms with Crippen LogP contribution in [0.5, 0.6) is 0 Å². The molecule has 0 rings (SSSR count). The summed E-state index contributed by atoms with van der Waals surface area (Å²) in [5.41, 5.74) is 0. The number of imide groups is 1. The van der Waals surface area contributed by atoms with E-state index in [-0.39, 0.29) is 37.9 Å². The molecule has 4 amide bonds. The van der Waals surface area contributed by atoms with E-state index in [1.807, 2.05) is 0 Å². The molecule has 0 saturated carbocycles. The van der Waals surface area contributed by atoms with Gasteiger partial charge >= 0.3 is 12.1 Å². The third-order valence-electron chi connectivity index (χ3n) is 2.28. The molecule has 10 nitrogen and oxygen atoms in total. The number of alkyl halides is 2. The highest BCUT2D eigenvalue weighted by Crippen LogP contribution is 2.21. The number of halogens is 2. The molecule has 0 saturated heterocycles. The standard InChI is InChI=1S/C10H18Cl2N6O4S2/c11-1-3-13-9(19)17(10(20)14-4-2-12)5-7-23-24-8-6-18(15-21)16-22/h1-8H2,(H,13,19)(H,14,20). The molecule has 0 aliphatic heterocycles. The van der Waals surface area contributed by atoms with E-state index in [1.54, 1.807) is 0 Å². The maximum atomic E-state index is 11.9. The minimum atomic E-state index is -0.546. The van der Waals surface area contributed by atoms with Gasteiger partial charge in [-0.2, -0.15) is 0 Å². The first-order valence-corrected chi connectivity index (χ1v) is 10.3. The Labute approximate surface area is 157 Å². The van der Waals surface area contributed by atoms with Crippen molar-refractivity contribution in [2.24, 2.45) is 10.6 Å².